The van der Waals surface area contributed by atoms with Crippen LogP contribution in [0.15, 0.2) is 72.8 Å². The van der Waals surface area contributed by atoms with Crippen molar-refractivity contribution in [1.29, 1.82) is 0 Å². The Hall–Kier alpha value is -2.95. The molecule has 0 amide bonds. The van der Waals surface area contributed by atoms with Gasteiger partial charge in [0.05, 0.1) is 20.8 Å². The first-order valence-corrected chi connectivity index (χ1v) is 12.7. The van der Waals surface area contributed by atoms with Crippen LogP contribution in [0.5, 0.6) is 11.5 Å². The third-order valence-electron chi connectivity index (χ3n) is 5.36. The summed E-state index contributed by atoms with van der Waals surface area (Å²) in [5, 5.41) is 4.11. The van der Waals surface area contributed by atoms with E-state index in [2.05, 4.69) is 5.32 Å². The van der Waals surface area contributed by atoms with Gasteiger partial charge < -0.3 is 24.2 Å². The largest absolute Gasteiger partial charge is 0.497 e. The number of rotatable bonds is 11. The molecule has 0 aliphatic carbocycles. The van der Waals surface area contributed by atoms with Crippen LogP contribution in [-0.4, -0.2) is 34.9 Å². The van der Waals surface area contributed by atoms with Crippen LogP contribution in [0.1, 0.15) is 24.7 Å². The second-order valence-corrected chi connectivity index (χ2v) is 10.3. The molecule has 0 fully saturated rings. The van der Waals surface area contributed by atoms with Crippen LogP contribution in [0, 0.1) is 0 Å². The van der Waals surface area contributed by atoms with Crippen LogP contribution in [0.3, 0.4) is 0 Å². The van der Waals surface area contributed by atoms with E-state index in [1.54, 1.807) is 14.2 Å². The first-order chi connectivity index (χ1) is 15.9. The average molecular weight is 469 g/mol. The zero-order valence-electron chi connectivity index (χ0n) is 19.9. The number of anilines is 2. The molecule has 0 spiro atoms. The molecule has 3 rings (SSSR count). The lowest BCUT2D eigenvalue weighted by Gasteiger charge is -2.31. The molecule has 0 aromatic heterocycles. The first-order valence-electron chi connectivity index (χ1n) is 11.0. The van der Waals surface area contributed by atoms with Gasteiger partial charge in [0.15, 0.2) is 0 Å². The number of para-hydroxylation sites is 1. The summed E-state index contributed by atoms with van der Waals surface area (Å²) in [7, 11) is 3.69. The highest BCUT2D eigenvalue weighted by atomic mass is 31.2. The van der Waals surface area contributed by atoms with Crippen molar-refractivity contribution in [1.82, 2.24) is 0 Å². The molecular formula is C26H33N2O4P. The van der Waals surface area contributed by atoms with Crippen molar-refractivity contribution in [3.05, 3.63) is 78.4 Å². The summed E-state index contributed by atoms with van der Waals surface area (Å²) < 4.78 is 32.2. The fourth-order valence-electron chi connectivity index (χ4n) is 3.57. The normalized spacial score (nSPS) is 13.6. The van der Waals surface area contributed by atoms with E-state index < -0.39 is 13.2 Å². The van der Waals surface area contributed by atoms with E-state index in [0.717, 1.165) is 17.8 Å². The number of nitrogens with one attached hydrogen (secondary N) is 1. The zero-order valence-corrected chi connectivity index (χ0v) is 20.8. The molecule has 0 heterocycles. The Bertz CT molecular complexity index is 1070. The molecule has 7 heteroatoms. The molecule has 0 saturated carbocycles. The number of benzene rings is 3. The van der Waals surface area contributed by atoms with Crippen molar-refractivity contribution in [2.45, 2.75) is 19.1 Å². The molecule has 0 bridgehead atoms. The quantitative estimate of drug-likeness (QED) is 0.353. The van der Waals surface area contributed by atoms with Gasteiger partial charge >= 0.3 is 0 Å². The van der Waals surface area contributed by atoms with E-state index in [1.807, 2.05) is 98.7 Å². The highest BCUT2D eigenvalue weighted by molar-refractivity contribution is 7.67. The summed E-state index contributed by atoms with van der Waals surface area (Å²) in [6.45, 7) is 2.37. The second-order valence-electron chi connectivity index (χ2n) is 7.86. The monoisotopic (exact) mass is 468 g/mol. The molecule has 3 aromatic rings. The van der Waals surface area contributed by atoms with Gasteiger partial charge in [-0.1, -0.05) is 25.1 Å². The van der Waals surface area contributed by atoms with Crippen molar-refractivity contribution in [2.24, 2.45) is 0 Å². The van der Waals surface area contributed by atoms with Crippen molar-refractivity contribution in [3.8, 4) is 11.5 Å². The fourth-order valence-corrected chi connectivity index (χ4v) is 6.08. The molecule has 2 unspecified atom stereocenters. The smallest absolute Gasteiger partial charge is 0.258 e. The van der Waals surface area contributed by atoms with Gasteiger partial charge in [-0.2, -0.15) is 0 Å². The van der Waals surface area contributed by atoms with E-state index in [4.69, 9.17) is 14.0 Å². The Labute approximate surface area is 196 Å². The standard InChI is InChI=1S/C26H33N2O4P/c1-6-18-32-33(29,23-15-12-21(13-16-23)28(2)3)26(27-20-10-8-7-9-11-20)24-19-22(30-4)14-17-25(24)31-5/h7-17,19,26-27H,6,18H2,1-5H3. The predicted molar refractivity (Wildman–Crippen MR) is 137 cm³/mol. The van der Waals surface area contributed by atoms with Gasteiger partial charge in [0.1, 0.15) is 17.3 Å². The minimum atomic E-state index is -3.47. The molecule has 33 heavy (non-hydrogen) atoms. The summed E-state index contributed by atoms with van der Waals surface area (Å²) in [6.07, 6.45) is 0.743. The Morgan fingerprint density at radius 3 is 2.21 bits per heavy atom. The van der Waals surface area contributed by atoms with Crippen LogP contribution in [0.25, 0.3) is 0 Å². The second kappa shape index (κ2) is 11.3. The van der Waals surface area contributed by atoms with Gasteiger partial charge in [-0.15, -0.1) is 0 Å². The maximum atomic E-state index is 14.8. The maximum absolute atomic E-state index is 14.8. The number of ether oxygens (including phenoxy) is 2. The van der Waals surface area contributed by atoms with E-state index in [9.17, 15) is 4.57 Å². The average Bonchev–Trinajstić information content (AvgIpc) is 2.86. The highest BCUT2D eigenvalue weighted by Crippen LogP contribution is 2.60. The third-order valence-corrected chi connectivity index (χ3v) is 8.03. The molecule has 0 saturated heterocycles. The van der Waals surface area contributed by atoms with E-state index >= 15 is 0 Å². The van der Waals surface area contributed by atoms with Crippen molar-refractivity contribution in [3.63, 3.8) is 0 Å². The molecule has 176 valence electrons. The number of hydrogen-bond donors (Lipinski definition) is 1. The lowest BCUT2D eigenvalue weighted by atomic mass is 10.1. The van der Waals surface area contributed by atoms with Gasteiger partial charge in [0.25, 0.3) is 7.37 Å². The van der Waals surface area contributed by atoms with Crippen LogP contribution < -0.4 is 25.0 Å². The van der Waals surface area contributed by atoms with Gasteiger partial charge in [-0.25, -0.2) is 0 Å². The highest BCUT2D eigenvalue weighted by Gasteiger charge is 2.39. The Morgan fingerprint density at radius 2 is 1.64 bits per heavy atom. The molecule has 2 atom stereocenters. The van der Waals surface area contributed by atoms with E-state index in [-0.39, 0.29) is 0 Å². The molecule has 6 nitrogen and oxygen atoms in total. The minimum Gasteiger partial charge on any atom is -0.497 e. The van der Waals surface area contributed by atoms with Gasteiger partial charge in [0, 0.05) is 36.3 Å². The fraction of sp³-hybridized carbons (Fsp3) is 0.308. The van der Waals surface area contributed by atoms with Crippen LogP contribution in [-0.2, 0) is 9.09 Å². The van der Waals surface area contributed by atoms with Gasteiger partial charge in [-0.05, 0) is 61.0 Å². The third kappa shape index (κ3) is 5.70. The number of methoxy groups -OCH3 is 2. The minimum absolute atomic E-state index is 0.367. The lowest BCUT2D eigenvalue weighted by Crippen LogP contribution is -2.22. The molecule has 0 radical (unpaired) electrons. The predicted octanol–water partition coefficient (Wildman–Crippen LogP) is 5.91. The van der Waals surface area contributed by atoms with Gasteiger partial charge in [0.2, 0.25) is 0 Å². The van der Waals surface area contributed by atoms with Gasteiger partial charge in [-0.3, -0.25) is 4.57 Å². The van der Waals surface area contributed by atoms with Crippen molar-refractivity contribution < 1.29 is 18.6 Å². The molecular weight excluding hydrogens is 435 g/mol. The summed E-state index contributed by atoms with van der Waals surface area (Å²) in [5.41, 5.74) is 2.56. The topological polar surface area (TPSA) is 60.0 Å². The zero-order chi connectivity index (χ0) is 23.8. The SMILES string of the molecule is CCCOP(=O)(c1ccc(N(C)C)cc1)C(Nc1ccccc1)c1cc(OC)ccc1OC. The maximum Gasteiger partial charge on any atom is 0.258 e. The molecule has 0 aliphatic heterocycles. The van der Waals surface area contributed by atoms with Crippen molar-refractivity contribution >= 4 is 24.0 Å². The Balaban J connectivity index is 2.21. The summed E-state index contributed by atoms with van der Waals surface area (Å²) in [4.78, 5) is 2.01. The summed E-state index contributed by atoms with van der Waals surface area (Å²) in [5.74, 6) is 0.562. The van der Waals surface area contributed by atoms with Crippen LogP contribution in [0.2, 0.25) is 0 Å². The number of nitrogens with zero attached hydrogens (tertiary/aromatic N) is 1. The molecule has 0 aliphatic rings. The summed E-state index contributed by atoms with van der Waals surface area (Å²) in [6, 6.07) is 22.9. The first kappa shape index (κ1) is 24.7. The van der Waals surface area contributed by atoms with Crippen LogP contribution in [0.4, 0.5) is 11.4 Å². The molecule has 1 N–H and O–H groups in total. The van der Waals surface area contributed by atoms with Crippen molar-refractivity contribution in [2.75, 3.05) is 45.1 Å². The Kier molecular flexibility index (Phi) is 8.43. The van der Waals surface area contributed by atoms with E-state index in [1.165, 1.54) is 0 Å². The van der Waals surface area contributed by atoms with E-state index in [0.29, 0.717) is 29.0 Å². The van der Waals surface area contributed by atoms with Crippen LogP contribution >= 0.6 is 7.37 Å². The summed E-state index contributed by atoms with van der Waals surface area (Å²) >= 11 is 0. The lowest BCUT2D eigenvalue weighted by molar-refractivity contribution is 0.314. The Morgan fingerprint density at radius 1 is 0.939 bits per heavy atom. The number of hydrogen-bond acceptors (Lipinski definition) is 6. The molecule has 3 aromatic carbocycles.